The molecule has 1 aliphatic rings. The Morgan fingerprint density at radius 1 is 1.38 bits per heavy atom. The summed E-state index contributed by atoms with van der Waals surface area (Å²) < 4.78 is 36.4. The predicted octanol–water partition coefficient (Wildman–Crippen LogP) is 2.77. The van der Waals surface area contributed by atoms with E-state index in [2.05, 4.69) is 0 Å². The highest BCUT2D eigenvalue weighted by Crippen LogP contribution is 2.21. The van der Waals surface area contributed by atoms with Crippen LogP contribution in [0.1, 0.15) is 12.8 Å². The Morgan fingerprint density at radius 2 is 2.25 bits per heavy atom. The van der Waals surface area contributed by atoms with Crippen molar-refractivity contribution in [2.75, 3.05) is 19.8 Å². The molecular weight excluding hydrogens is 214 g/mol. The van der Waals surface area contributed by atoms with Crippen molar-refractivity contribution in [3.05, 3.63) is 29.8 Å². The van der Waals surface area contributed by atoms with Gasteiger partial charge in [0.1, 0.15) is 0 Å². The molecule has 0 bridgehead atoms. The molecule has 0 aliphatic carbocycles. The highest BCUT2D eigenvalue weighted by atomic mass is 19.2. The van der Waals surface area contributed by atoms with Crippen LogP contribution in [0, 0.1) is 17.6 Å². The van der Waals surface area contributed by atoms with E-state index >= 15 is 0 Å². The number of hydrogen-bond acceptors (Lipinski definition) is 2. The summed E-state index contributed by atoms with van der Waals surface area (Å²) in [6.07, 6.45) is 1.84. The van der Waals surface area contributed by atoms with Crippen molar-refractivity contribution in [3.8, 4) is 5.75 Å². The van der Waals surface area contributed by atoms with Crippen molar-refractivity contribution < 1.29 is 18.3 Å². The lowest BCUT2D eigenvalue weighted by atomic mass is 10.1. The molecule has 1 fully saturated rings. The van der Waals surface area contributed by atoms with Gasteiger partial charge in [0.25, 0.3) is 0 Å². The molecule has 2 rings (SSSR count). The Labute approximate surface area is 93.2 Å². The van der Waals surface area contributed by atoms with E-state index in [1.807, 2.05) is 0 Å². The summed E-state index contributed by atoms with van der Waals surface area (Å²) in [6.45, 7) is 1.93. The molecule has 0 aromatic heterocycles. The molecule has 0 N–H and O–H groups in total. The Morgan fingerprint density at radius 3 is 3.00 bits per heavy atom. The molecule has 0 spiro atoms. The summed E-state index contributed by atoms with van der Waals surface area (Å²) in [6, 6.07) is 3.95. The number of halogens is 2. The average molecular weight is 228 g/mol. The van der Waals surface area contributed by atoms with Gasteiger partial charge in [0.15, 0.2) is 11.6 Å². The minimum absolute atomic E-state index is 0.0149. The van der Waals surface area contributed by atoms with Crippen LogP contribution in [0.5, 0.6) is 5.75 Å². The van der Waals surface area contributed by atoms with Gasteiger partial charge in [0.2, 0.25) is 5.82 Å². The van der Waals surface area contributed by atoms with Gasteiger partial charge < -0.3 is 9.47 Å². The predicted molar refractivity (Wildman–Crippen MR) is 55.4 cm³/mol. The van der Waals surface area contributed by atoms with E-state index in [9.17, 15) is 8.78 Å². The first-order chi connectivity index (χ1) is 7.77. The molecule has 1 heterocycles. The average Bonchev–Trinajstić information content (AvgIpc) is 2.77. The highest BCUT2D eigenvalue weighted by Gasteiger charge is 2.16. The van der Waals surface area contributed by atoms with E-state index < -0.39 is 11.6 Å². The van der Waals surface area contributed by atoms with Crippen LogP contribution in [-0.2, 0) is 4.74 Å². The van der Waals surface area contributed by atoms with Crippen molar-refractivity contribution in [1.82, 2.24) is 0 Å². The van der Waals surface area contributed by atoms with Crippen LogP contribution >= 0.6 is 0 Å². The monoisotopic (exact) mass is 228 g/mol. The summed E-state index contributed by atoms with van der Waals surface area (Å²) in [7, 11) is 0. The van der Waals surface area contributed by atoms with Gasteiger partial charge in [-0.2, -0.15) is 4.39 Å². The molecule has 1 saturated heterocycles. The van der Waals surface area contributed by atoms with Gasteiger partial charge in [0, 0.05) is 13.2 Å². The fourth-order valence-electron chi connectivity index (χ4n) is 1.74. The third kappa shape index (κ3) is 2.70. The van der Waals surface area contributed by atoms with Gasteiger partial charge in [-0.15, -0.1) is 0 Å². The fourth-order valence-corrected chi connectivity index (χ4v) is 1.74. The summed E-state index contributed by atoms with van der Waals surface area (Å²) in [5.74, 6) is -1.32. The van der Waals surface area contributed by atoms with Crippen LogP contribution in [0.4, 0.5) is 8.78 Å². The second-order valence-corrected chi connectivity index (χ2v) is 3.92. The van der Waals surface area contributed by atoms with Crippen molar-refractivity contribution >= 4 is 0 Å². The maximum Gasteiger partial charge on any atom is 0.200 e. The summed E-state index contributed by atoms with van der Waals surface area (Å²) in [5.41, 5.74) is 0. The van der Waals surface area contributed by atoms with E-state index in [-0.39, 0.29) is 5.75 Å². The smallest absolute Gasteiger partial charge is 0.200 e. The molecule has 4 heteroatoms. The van der Waals surface area contributed by atoms with Gasteiger partial charge in [0.05, 0.1) is 6.61 Å². The number of ether oxygens (including phenoxy) is 2. The van der Waals surface area contributed by atoms with Gasteiger partial charge in [-0.3, -0.25) is 0 Å². The summed E-state index contributed by atoms with van der Waals surface area (Å²) in [5, 5.41) is 0. The third-order valence-corrected chi connectivity index (χ3v) is 2.72. The molecule has 2 nitrogen and oxygen atoms in total. The largest absolute Gasteiger partial charge is 0.490 e. The second-order valence-electron chi connectivity index (χ2n) is 3.92. The first-order valence-corrected chi connectivity index (χ1v) is 5.42. The van der Waals surface area contributed by atoms with E-state index in [4.69, 9.17) is 9.47 Å². The van der Waals surface area contributed by atoms with Crippen LogP contribution in [0.3, 0.4) is 0 Å². The van der Waals surface area contributed by atoms with Gasteiger partial charge in [-0.05, 0) is 30.9 Å². The molecule has 0 saturated carbocycles. The summed E-state index contributed by atoms with van der Waals surface area (Å²) >= 11 is 0. The molecular formula is C12H14F2O2. The van der Waals surface area contributed by atoms with Crippen LogP contribution in [0.2, 0.25) is 0 Å². The van der Waals surface area contributed by atoms with Gasteiger partial charge in [-0.1, -0.05) is 6.07 Å². The Kier molecular flexibility index (Phi) is 3.72. The van der Waals surface area contributed by atoms with Crippen molar-refractivity contribution in [2.45, 2.75) is 12.8 Å². The molecule has 1 atom stereocenters. The van der Waals surface area contributed by atoms with Gasteiger partial charge in [-0.25, -0.2) is 4.39 Å². The topological polar surface area (TPSA) is 18.5 Å². The molecule has 1 aromatic rings. The van der Waals surface area contributed by atoms with Crippen LogP contribution in [-0.4, -0.2) is 19.8 Å². The zero-order chi connectivity index (χ0) is 11.4. The fraction of sp³-hybridized carbons (Fsp3) is 0.500. The van der Waals surface area contributed by atoms with Crippen LogP contribution < -0.4 is 4.74 Å². The molecule has 0 amide bonds. The van der Waals surface area contributed by atoms with Crippen molar-refractivity contribution in [2.24, 2.45) is 5.92 Å². The maximum atomic E-state index is 13.2. The minimum Gasteiger partial charge on any atom is -0.490 e. The quantitative estimate of drug-likeness (QED) is 0.789. The number of benzene rings is 1. The Hall–Kier alpha value is -1.16. The maximum absolute atomic E-state index is 13.2. The molecule has 0 radical (unpaired) electrons. The van der Waals surface area contributed by atoms with Gasteiger partial charge >= 0.3 is 0 Å². The zero-order valence-electron chi connectivity index (χ0n) is 8.92. The highest BCUT2D eigenvalue weighted by molar-refractivity contribution is 5.24. The van der Waals surface area contributed by atoms with E-state index in [1.54, 1.807) is 0 Å². The first kappa shape index (κ1) is 11.3. The first-order valence-electron chi connectivity index (χ1n) is 5.42. The standard InChI is InChI=1S/C12H14F2O2/c13-10-2-1-3-11(12(10)14)16-7-5-9-4-6-15-8-9/h1-3,9H,4-8H2. The lowest BCUT2D eigenvalue weighted by molar-refractivity contribution is 0.177. The lowest BCUT2D eigenvalue weighted by Gasteiger charge is -2.10. The molecule has 1 aliphatic heterocycles. The molecule has 1 aromatic carbocycles. The SMILES string of the molecule is Fc1cccc(OCCC2CCOC2)c1F. The molecule has 1 unspecified atom stereocenters. The van der Waals surface area contributed by atoms with E-state index in [0.29, 0.717) is 12.5 Å². The molecule has 88 valence electrons. The summed E-state index contributed by atoms with van der Waals surface area (Å²) in [4.78, 5) is 0. The normalized spacial score (nSPS) is 20.0. The minimum atomic E-state index is -0.912. The number of hydrogen-bond donors (Lipinski definition) is 0. The molecule has 16 heavy (non-hydrogen) atoms. The lowest BCUT2D eigenvalue weighted by Crippen LogP contribution is -2.07. The van der Waals surface area contributed by atoms with Crippen molar-refractivity contribution in [1.29, 1.82) is 0 Å². The van der Waals surface area contributed by atoms with Crippen molar-refractivity contribution in [3.63, 3.8) is 0 Å². The Balaban J connectivity index is 1.82. The zero-order valence-corrected chi connectivity index (χ0v) is 8.92. The Bertz CT molecular complexity index is 349. The van der Waals surface area contributed by atoms with Crippen LogP contribution in [0.15, 0.2) is 18.2 Å². The second kappa shape index (κ2) is 5.25. The van der Waals surface area contributed by atoms with E-state index in [0.717, 1.165) is 32.1 Å². The van der Waals surface area contributed by atoms with Crippen LogP contribution in [0.25, 0.3) is 0 Å². The third-order valence-electron chi connectivity index (χ3n) is 2.72. The van der Waals surface area contributed by atoms with E-state index in [1.165, 1.54) is 12.1 Å². The number of rotatable bonds is 4.